The van der Waals surface area contributed by atoms with Crippen molar-refractivity contribution in [3.05, 3.63) is 21.3 Å². The molecule has 1 heterocycles. The highest BCUT2D eigenvalue weighted by Gasteiger charge is 2.22. The van der Waals surface area contributed by atoms with Gasteiger partial charge in [-0.25, -0.2) is 0 Å². The number of thiophene rings is 1. The fourth-order valence-electron chi connectivity index (χ4n) is 1.06. The molecule has 1 rings (SSSR count). The van der Waals surface area contributed by atoms with Crippen molar-refractivity contribution < 1.29 is 5.11 Å². The maximum absolute atomic E-state index is 9.83. The zero-order valence-corrected chi connectivity index (χ0v) is 9.27. The average Bonchev–Trinajstić information content (AvgIpc) is 2.48. The molecule has 13 heavy (non-hydrogen) atoms. The Labute approximate surface area is 87.3 Å². The first-order valence-corrected chi connectivity index (χ1v) is 5.46. The number of halogens is 1. The van der Waals surface area contributed by atoms with Crippen LogP contribution in [0.5, 0.6) is 0 Å². The van der Waals surface area contributed by atoms with Crippen LogP contribution in [0.3, 0.4) is 0 Å². The molecule has 2 nitrogen and oxygen atoms in total. The summed E-state index contributed by atoms with van der Waals surface area (Å²) in [5.74, 6) is 0.244. The molecule has 0 amide bonds. The van der Waals surface area contributed by atoms with Gasteiger partial charge >= 0.3 is 0 Å². The molecule has 0 aliphatic heterocycles. The standard InChI is InChI=1S/C9H14ClNOS/c1-5(2)7(11)8(12)9-6(10)3-4-13-9/h3-5,7-8,12H,11H2,1-2H3. The number of aliphatic hydroxyl groups excluding tert-OH is 1. The van der Waals surface area contributed by atoms with E-state index in [1.807, 2.05) is 19.2 Å². The Hall–Kier alpha value is -0.0900. The first-order valence-electron chi connectivity index (χ1n) is 4.20. The molecule has 0 saturated heterocycles. The van der Waals surface area contributed by atoms with Gasteiger partial charge in [0.2, 0.25) is 0 Å². The van der Waals surface area contributed by atoms with Crippen LogP contribution in [0.4, 0.5) is 0 Å². The minimum atomic E-state index is -0.646. The van der Waals surface area contributed by atoms with Gasteiger partial charge in [-0.2, -0.15) is 0 Å². The number of nitrogens with two attached hydrogens (primary N) is 1. The molecule has 0 bridgehead atoms. The Kier molecular flexibility index (Phi) is 3.74. The zero-order valence-electron chi connectivity index (χ0n) is 7.70. The summed E-state index contributed by atoms with van der Waals surface area (Å²) in [7, 11) is 0. The van der Waals surface area contributed by atoms with Gasteiger partial charge in [-0.05, 0) is 17.4 Å². The second kappa shape index (κ2) is 4.42. The molecule has 0 saturated carbocycles. The summed E-state index contributed by atoms with van der Waals surface area (Å²) in [4.78, 5) is 0.767. The van der Waals surface area contributed by atoms with Crippen LogP contribution >= 0.6 is 22.9 Å². The van der Waals surface area contributed by atoms with Crippen LogP contribution < -0.4 is 5.73 Å². The molecule has 0 radical (unpaired) electrons. The van der Waals surface area contributed by atoms with Gasteiger partial charge in [0.15, 0.2) is 0 Å². The van der Waals surface area contributed by atoms with Crippen molar-refractivity contribution in [3.63, 3.8) is 0 Å². The topological polar surface area (TPSA) is 46.2 Å². The maximum Gasteiger partial charge on any atom is 0.105 e. The first kappa shape index (κ1) is 11.0. The summed E-state index contributed by atoms with van der Waals surface area (Å²) >= 11 is 7.32. The van der Waals surface area contributed by atoms with Gasteiger partial charge in [-0.1, -0.05) is 25.4 Å². The minimum Gasteiger partial charge on any atom is -0.386 e. The third kappa shape index (κ3) is 2.44. The first-order chi connectivity index (χ1) is 6.04. The lowest BCUT2D eigenvalue weighted by Crippen LogP contribution is -2.33. The third-order valence-corrected chi connectivity index (χ3v) is 3.48. The lowest BCUT2D eigenvalue weighted by molar-refractivity contribution is 0.129. The lowest BCUT2D eigenvalue weighted by atomic mass is 9.99. The fraction of sp³-hybridized carbons (Fsp3) is 0.556. The highest BCUT2D eigenvalue weighted by Crippen LogP contribution is 2.31. The SMILES string of the molecule is CC(C)C(N)C(O)c1sccc1Cl. The number of hydrogen-bond acceptors (Lipinski definition) is 3. The van der Waals surface area contributed by atoms with Crippen molar-refractivity contribution in [3.8, 4) is 0 Å². The van der Waals surface area contributed by atoms with Gasteiger partial charge in [0.05, 0.1) is 9.90 Å². The van der Waals surface area contributed by atoms with Gasteiger partial charge in [-0.3, -0.25) is 0 Å². The van der Waals surface area contributed by atoms with Crippen molar-refractivity contribution in [2.45, 2.75) is 26.0 Å². The Morgan fingerprint density at radius 3 is 2.54 bits per heavy atom. The summed E-state index contributed by atoms with van der Waals surface area (Å²) < 4.78 is 0. The molecule has 0 aliphatic rings. The summed E-state index contributed by atoms with van der Waals surface area (Å²) in [5, 5.41) is 12.3. The van der Waals surface area contributed by atoms with Crippen LogP contribution in [0.1, 0.15) is 24.8 Å². The third-order valence-electron chi connectivity index (χ3n) is 2.05. The molecule has 0 fully saturated rings. The molecule has 0 spiro atoms. The van der Waals surface area contributed by atoms with E-state index in [-0.39, 0.29) is 12.0 Å². The molecule has 4 heteroatoms. The van der Waals surface area contributed by atoms with E-state index in [0.717, 1.165) is 4.88 Å². The van der Waals surface area contributed by atoms with E-state index in [0.29, 0.717) is 5.02 Å². The largest absolute Gasteiger partial charge is 0.386 e. The second-order valence-corrected chi connectivity index (χ2v) is 4.75. The van der Waals surface area contributed by atoms with Crippen LogP contribution in [0.2, 0.25) is 5.02 Å². The quantitative estimate of drug-likeness (QED) is 0.820. The number of aliphatic hydroxyl groups is 1. The highest BCUT2D eigenvalue weighted by molar-refractivity contribution is 7.10. The zero-order chi connectivity index (χ0) is 10.0. The van der Waals surface area contributed by atoms with Crippen LogP contribution in [-0.2, 0) is 0 Å². The Bertz CT molecular complexity index is 274. The number of hydrogen-bond donors (Lipinski definition) is 2. The van der Waals surface area contributed by atoms with Crippen molar-refractivity contribution in [1.82, 2.24) is 0 Å². The van der Waals surface area contributed by atoms with Crippen molar-refractivity contribution >= 4 is 22.9 Å². The van der Waals surface area contributed by atoms with Gasteiger partial charge < -0.3 is 10.8 Å². The molecule has 74 valence electrons. The molecule has 2 unspecified atom stereocenters. The molecule has 1 aromatic rings. The molecule has 3 N–H and O–H groups in total. The Morgan fingerprint density at radius 1 is 1.54 bits per heavy atom. The van der Waals surface area contributed by atoms with E-state index in [1.165, 1.54) is 11.3 Å². The van der Waals surface area contributed by atoms with Gasteiger partial charge in [-0.15, -0.1) is 11.3 Å². The van der Waals surface area contributed by atoms with E-state index < -0.39 is 6.10 Å². The summed E-state index contributed by atoms with van der Waals surface area (Å²) in [6.45, 7) is 3.96. The molecule has 0 aromatic carbocycles. The van der Waals surface area contributed by atoms with Crippen molar-refractivity contribution in [1.29, 1.82) is 0 Å². The predicted molar refractivity (Wildman–Crippen MR) is 57.1 cm³/mol. The highest BCUT2D eigenvalue weighted by atomic mass is 35.5. The molecule has 1 aromatic heterocycles. The van der Waals surface area contributed by atoms with Crippen LogP contribution in [-0.4, -0.2) is 11.1 Å². The Balaban J connectivity index is 2.79. The van der Waals surface area contributed by atoms with Crippen LogP contribution in [0.15, 0.2) is 11.4 Å². The van der Waals surface area contributed by atoms with Gasteiger partial charge in [0.1, 0.15) is 6.10 Å². The average molecular weight is 220 g/mol. The fourth-order valence-corrected chi connectivity index (χ4v) is 2.27. The lowest BCUT2D eigenvalue weighted by Gasteiger charge is -2.21. The normalized spacial score (nSPS) is 16.2. The molecular weight excluding hydrogens is 206 g/mol. The monoisotopic (exact) mass is 219 g/mol. The van der Waals surface area contributed by atoms with E-state index in [1.54, 1.807) is 6.07 Å². The Morgan fingerprint density at radius 2 is 2.15 bits per heavy atom. The van der Waals surface area contributed by atoms with Crippen LogP contribution in [0, 0.1) is 5.92 Å². The predicted octanol–water partition coefficient (Wildman–Crippen LogP) is 2.42. The summed E-state index contributed by atoms with van der Waals surface area (Å²) in [6.07, 6.45) is -0.646. The van der Waals surface area contributed by atoms with Gasteiger partial charge in [0, 0.05) is 6.04 Å². The smallest absolute Gasteiger partial charge is 0.105 e. The second-order valence-electron chi connectivity index (χ2n) is 3.40. The van der Waals surface area contributed by atoms with Crippen molar-refractivity contribution in [2.75, 3.05) is 0 Å². The van der Waals surface area contributed by atoms with E-state index in [4.69, 9.17) is 17.3 Å². The van der Waals surface area contributed by atoms with Gasteiger partial charge in [0.25, 0.3) is 0 Å². The maximum atomic E-state index is 9.83. The summed E-state index contributed by atoms with van der Waals surface area (Å²) in [6, 6.07) is 1.52. The number of rotatable bonds is 3. The van der Waals surface area contributed by atoms with E-state index >= 15 is 0 Å². The molecular formula is C9H14ClNOS. The molecule has 2 atom stereocenters. The minimum absolute atomic E-state index is 0.244. The molecule has 0 aliphatic carbocycles. The van der Waals surface area contributed by atoms with E-state index in [9.17, 15) is 5.11 Å². The van der Waals surface area contributed by atoms with Crippen LogP contribution in [0.25, 0.3) is 0 Å². The summed E-state index contributed by atoms with van der Waals surface area (Å²) in [5.41, 5.74) is 5.82. The van der Waals surface area contributed by atoms with E-state index in [2.05, 4.69) is 0 Å². The van der Waals surface area contributed by atoms with Crippen molar-refractivity contribution in [2.24, 2.45) is 11.7 Å².